The number of para-hydroxylation sites is 1. The monoisotopic (exact) mass is 397 g/mol. The van der Waals surface area contributed by atoms with Gasteiger partial charge in [0.2, 0.25) is 0 Å². The van der Waals surface area contributed by atoms with Crippen LogP contribution in [0, 0.1) is 0 Å². The van der Waals surface area contributed by atoms with E-state index < -0.39 is 15.7 Å². The van der Waals surface area contributed by atoms with E-state index in [1.54, 1.807) is 28.9 Å². The van der Waals surface area contributed by atoms with Gasteiger partial charge in [0.15, 0.2) is 9.84 Å². The Hall–Kier alpha value is -3.23. The van der Waals surface area contributed by atoms with Crippen LogP contribution >= 0.6 is 0 Å². The Morgan fingerprint density at radius 2 is 1.75 bits per heavy atom. The lowest BCUT2D eigenvalue weighted by molar-refractivity contribution is -0.153. The number of nitrogens with zero attached hydrogens (tertiary/aromatic N) is 3. The Morgan fingerprint density at radius 3 is 2.39 bits per heavy atom. The SMILES string of the molecule is CN(O)C(=O)C=Cc1cc(-c2ccccc2)n(-c2ccccc2S(C)(=O)=O)n1. The van der Waals surface area contributed by atoms with Crippen molar-refractivity contribution in [1.82, 2.24) is 14.8 Å². The van der Waals surface area contributed by atoms with E-state index >= 15 is 0 Å². The summed E-state index contributed by atoms with van der Waals surface area (Å²) in [5, 5.41) is 14.1. The minimum absolute atomic E-state index is 0.150. The first-order valence-corrected chi connectivity index (χ1v) is 10.3. The average molecular weight is 397 g/mol. The van der Waals surface area contributed by atoms with Crippen molar-refractivity contribution in [3.8, 4) is 16.9 Å². The fraction of sp³-hybridized carbons (Fsp3) is 0.100. The summed E-state index contributed by atoms with van der Waals surface area (Å²) in [6.07, 6.45) is 3.79. The fourth-order valence-corrected chi connectivity index (χ4v) is 3.55. The highest BCUT2D eigenvalue weighted by Gasteiger charge is 2.18. The van der Waals surface area contributed by atoms with Gasteiger partial charge in [-0.15, -0.1) is 0 Å². The molecule has 0 bridgehead atoms. The number of hydroxylamine groups is 2. The lowest BCUT2D eigenvalue weighted by Crippen LogP contribution is -2.19. The Bertz CT molecular complexity index is 1130. The van der Waals surface area contributed by atoms with Crippen molar-refractivity contribution in [2.75, 3.05) is 13.3 Å². The fourth-order valence-electron chi connectivity index (χ4n) is 2.69. The van der Waals surface area contributed by atoms with Crippen molar-refractivity contribution in [2.24, 2.45) is 0 Å². The highest BCUT2D eigenvalue weighted by Crippen LogP contribution is 2.28. The second kappa shape index (κ2) is 7.79. The van der Waals surface area contributed by atoms with Crippen molar-refractivity contribution in [2.45, 2.75) is 4.90 Å². The number of hydrogen-bond acceptors (Lipinski definition) is 5. The van der Waals surface area contributed by atoms with Crippen molar-refractivity contribution in [3.63, 3.8) is 0 Å². The van der Waals surface area contributed by atoms with Crippen molar-refractivity contribution < 1.29 is 18.4 Å². The standard InChI is InChI=1S/C20H19N3O4S/c1-22(25)20(24)13-12-16-14-18(15-8-4-3-5-9-15)23(21-16)17-10-6-7-11-19(17)28(2,26)27/h3-14,25H,1-2H3. The van der Waals surface area contributed by atoms with Crippen LogP contribution in [0.4, 0.5) is 0 Å². The van der Waals surface area contributed by atoms with E-state index in [1.807, 2.05) is 30.3 Å². The topological polar surface area (TPSA) is 92.5 Å². The number of likely N-dealkylation sites (N-methyl/N-ethyl adjacent to an activating group) is 1. The van der Waals surface area contributed by atoms with E-state index in [2.05, 4.69) is 5.10 Å². The minimum atomic E-state index is -3.48. The van der Waals surface area contributed by atoms with Crippen LogP contribution in [0.3, 0.4) is 0 Å². The highest BCUT2D eigenvalue weighted by atomic mass is 32.2. The zero-order chi connectivity index (χ0) is 20.3. The van der Waals surface area contributed by atoms with Gasteiger partial charge >= 0.3 is 0 Å². The predicted molar refractivity (Wildman–Crippen MR) is 106 cm³/mol. The van der Waals surface area contributed by atoms with E-state index in [0.717, 1.165) is 11.8 Å². The maximum atomic E-state index is 12.2. The summed E-state index contributed by atoms with van der Waals surface area (Å²) >= 11 is 0. The Balaban J connectivity index is 2.20. The lowest BCUT2D eigenvalue weighted by Gasteiger charge is -2.11. The van der Waals surface area contributed by atoms with Crippen LogP contribution < -0.4 is 0 Å². The highest BCUT2D eigenvalue weighted by molar-refractivity contribution is 7.90. The molecule has 0 radical (unpaired) electrons. The summed E-state index contributed by atoms with van der Waals surface area (Å²) < 4.78 is 26.0. The number of benzene rings is 2. The zero-order valence-electron chi connectivity index (χ0n) is 15.4. The number of carbonyl (C=O) groups is 1. The summed E-state index contributed by atoms with van der Waals surface area (Å²) in [5.74, 6) is -0.604. The van der Waals surface area contributed by atoms with Crippen molar-refractivity contribution in [3.05, 3.63) is 72.4 Å². The third kappa shape index (κ3) is 4.19. The van der Waals surface area contributed by atoms with Gasteiger partial charge in [0.1, 0.15) is 0 Å². The quantitative estimate of drug-likeness (QED) is 0.406. The number of sulfone groups is 1. The second-order valence-corrected chi connectivity index (χ2v) is 8.15. The van der Waals surface area contributed by atoms with Gasteiger partial charge in [-0.3, -0.25) is 10.0 Å². The maximum absolute atomic E-state index is 12.2. The molecule has 0 unspecified atom stereocenters. The van der Waals surface area contributed by atoms with Gasteiger partial charge in [0, 0.05) is 24.9 Å². The summed E-state index contributed by atoms with van der Waals surface area (Å²) in [4.78, 5) is 11.8. The minimum Gasteiger partial charge on any atom is -0.286 e. The molecule has 3 aromatic rings. The third-order valence-electron chi connectivity index (χ3n) is 4.01. The zero-order valence-corrected chi connectivity index (χ0v) is 16.2. The molecule has 0 aliphatic heterocycles. The number of aromatic nitrogens is 2. The number of amides is 1. The molecule has 2 aromatic carbocycles. The first-order chi connectivity index (χ1) is 13.3. The Morgan fingerprint density at radius 1 is 1.11 bits per heavy atom. The average Bonchev–Trinajstić information content (AvgIpc) is 3.10. The Labute approximate surface area is 163 Å². The predicted octanol–water partition coefficient (Wildman–Crippen LogP) is 2.80. The number of rotatable bonds is 5. The summed E-state index contributed by atoms with van der Waals surface area (Å²) in [7, 11) is -2.26. The molecule has 1 N–H and O–H groups in total. The second-order valence-electron chi connectivity index (χ2n) is 6.17. The van der Waals surface area contributed by atoms with Crippen LogP contribution in [0.2, 0.25) is 0 Å². The molecule has 1 heterocycles. The van der Waals surface area contributed by atoms with Gasteiger partial charge < -0.3 is 0 Å². The molecule has 1 aromatic heterocycles. The molecule has 0 saturated carbocycles. The van der Waals surface area contributed by atoms with Crippen LogP contribution in [-0.4, -0.2) is 47.7 Å². The molecule has 8 heteroatoms. The molecule has 1 amide bonds. The van der Waals surface area contributed by atoms with Gasteiger partial charge in [-0.05, 0) is 24.3 Å². The van der Waals surface area contributed by atoms with Crippen LogP contribution in [0.25, 0.3) is 23.0 Å². The van der Waals surface area contributed by atoms with E-state index in [-0.39, 0.29) is 4.90 Å². The molecule has 0 fully saturated rings. The van der Waals surface area contributed by atoms with Gasteiger partial charge in [0.05, 0.1) is 22.0 Å². The van der Waals surface area contributed by atoms with Gasteiger partial charge in [0.25, 0.3) is 5.91 Å². The van der Waals surface area contributed by atoms with E-state index in [9.17, 15) is 18.4 Å². The largest absolute Gasteiger partial charge is 0.286 e. The third-order valence-corrected chi connectivity index (χ3v) is 5.15. The maximum Gasteiger partial charge on any atom is 0.269 e. The summed E-state index contributed by atoms with van der Waals surface area (Å²) in [5.41, 5.74) is 2.36. The molecule has 0 saturated heterocycles. The molecule has 3 rings (SSSR count). The van der Waals surface area contributed by atoms with Crippen molar-refractivity contribution >= 4 is 21.8 Å². The smallest absolute Gasteiger partial charge is 0.269 e. The molecule has 28 heavy (non-hydrogen) atoms. The normalized spacial score (nSPS) is 11.7. The molecule has 0 aliphatic carbocycles. The molecular formula is C20H19N3O4S. The number of carbonyl (C=O) groups excluding carboxylic acids is 1. The molecule has 144 valence electrons. The first kappa shape index (κ1) is 19.5. The molecule has 0 atom stereocenters. The van der Waals surface area contributed by atoms with E-state index in [4.69, 9.17) is 0 Å². The molecule has 0 aliphatic rings. The van der Waals surface area contributed by atoms with Crippen LogP contribution in [-0.2, 0) is 14.6 Å². The van der Waals surface area contributed by atoms with Crippen LogP contribution in [0.5, 0.6) is 0 Å². The van der Waals surface area contributed by atoms with Gasteiger partial charge in [-0.2, -0.15) is 5.10 Å². The summed E-state index contributed by atoms with van der Waals surface area (Å²) in [6.45, 7) is 0. The van der Waals surface area contributed by atoms with E-state index in [0.29, 0.717) is 22.1 Å². The van der Waals surface area contributed by atoms with Gasteiger partial charge in [-0.25, -0.2) is 18.2 Å². The molecular weight excluding hydrogens is 378 g/mol. The molecule has 7 nitrogen and oxygen atoms in total. The lowest BCUT2D eigenvalue weighted by atomic mass is 10.1. The van der Waals surface area contributed by atoms with E-state index in [1.165, 1.54) is 25.3 Å². The first-order valence-electron chi connectivity index (χ1n) is 8.37. The summed E-state index contributed by atoms with van der Waals surface area (Å²) in [6, 6.07) is 17.7. The number of hydrogen-bond donors (Lipinski definition) is 1. The molecule has 0 spiro atoms. The van der Waals surface area contributed by atoms with Crippen LogP contribution in [0.1, 0.15) is 5.69 Å². The Kier molecular flexibility index (Phi) is 5.43. The van der Waals surface area contributed by atoms with Crippen LogP contribution in [0.15, 0.2) is 71.6 Å². The van der Waals surface area contributed by atoms with Crippen molar-refractivity contribution in [1.29, 1.82) is 0 Å². The van der Waals surface area contributed by atoms with Gasteiger partial charge in [-0.1, -0.05) is 42.5 Å².